The predicted octanol–water partition coefficient (Wildman–Crippen LogP) is 6.99. The van der Waals surface area contributed by atoms with Crippen LogP contribution in [0.25, 0.3) is 6.08 Å². The van der Waals surface area contributed by atoms with Crippen molar-refractivity contribution in [3.05, 3.63) is 135 Å². The van der Waals surface area contributed by atoms with Crippen LogP contribution in [0.15, 0.2) is 108 Å². The van der Waals surface area contributed by atoms with E-state index in [-0.39, 0.29) is 18.9 Å². The molecule has 3 N–H and O–H groups in total. The topological polar surface area (TPSA) is 101 Å². The van der Waals surface area contributed by atoms with E-state index in [1.165, 1.54) is 0 Å². The van der Waals surface area contributed by atoms with Gasteiger partial charge in [-0.2, -0.15) is 0 Å². The van der Waals surface area contributed by atoms with Gasteiger partial charge < -0.3 is 19.3 Å². The fourth-order valence-electron chi connectivity index (χ4n) is 5.20. The van der Waals surface area contributed by atoms with Crippen LogP contribution in [-0.2, 0) is 16.0 Å². The zero-order chi connectivity index (χ0) is 33.1. The molecule has 10 heteroatoms. The molecule has 0 radical (unpaired) electrons. The largest absolute Gasteiger partial charge is 0.497 e. The smallest absolute Gasteiger partial charge is 0.266 e. The van der Waals surface area contributed by atoms with Crippen LogP contribution in [-0.4, -0.2) is 49.3 Å². The Balaban J connectivity index is 1.46. The highest BCUT2D eigenvalue weighted by molar-refractivity contribution is 6.35. The number of hydrazine groups is 1. The lowest BCUT2D eigenvalue weighted by Gasteiger charge is -2.30. The maximum atomic E-state index is 14.3. The summed E-state index contributed by atoms with van der Waals surface area (Å²) < 4.78 is 17.5. The highest BCUT2D eigenvalue weighted by Crippen LogP contribution is 2.45. The SMILES string of the molecule is COc1ccc(CCNNC(=O)[C@@]2(C/C=C/c3ccccc3)N=C(c3ccc(OCCCO)cc3)O[C@H]2c2ccc(Cl)cc2Cl)cc1. The number of rotatable bonds is 15. The van der Waals surface area contributed by atoms with E-state index in [1.54, 1.807) is 37.4 Å². The van der Waals surface area contributed by atoms with Gasteiger partial charge in [0, 0.05) is 47.2 Å². The number of aliphatic hydroxyl groups is 1. The first-order chi connectivity index (χ1) is 22.9. The van der Waals surface area contributed by atoms with Gasteiger partial charge >= 0.3 is 0 Å². The molecule has 1 amide bonds. The van der Waals surface area contributed by atoms with Crippen LogP contribution in [0.5, 0.6) is 11.5 Å². The Morgan fingerprint density at radius 3 is 2.45 bits per heavy atom. The summed E-state index contributed by atoms with van der Waals surface area (Å²) in [6, 6.07) is 30.0. The number of nitrogens with zero attached hydrogens (tertiary/aromatic N) is 1. The number of aliphatic imine (C=N–C) groups is 1. The Hall–Kier alpha value is -4.34. The van der Waals surface area contributed by atoms with E-state index in [4.69, 9.17) is 47.5 Å². The minimum Gasteiger partial charge on any atom is -0.497 e. The molecule has 4 aromatic rings. The lowest BCUT2D eigenvalue weighted by molar-refractivity contribution is -0.129. The molecule has 1 aliphatic rings. The van der Waals surface area contributed by atoms with Crippen LogP contribution in [0.2, 0.25) is 10.0 Å². The summed E-state index contributed by atoms with van der Waals surface area (Å²) in [4.78, 5) is 19.3. The average molecular weight is 675 g/mol. The van der Waals surface area contributed by atoms with Crippen molar-refractivity contribution in [1.29, 1.82) is 0 Å². The second-order valence-electron chi connectivity index (χ2n) is 11.0. The number of methoxy groups -OCH3 is 1. The Labute approximate surface area is 285 Å². The highest BCUT2D eigenvalue weighted by atomic mass is 35.5. The number of nitrogens with one attached hydrogen (secondary N) is 2. The molecule has 5 rings (SSSR count). The number of carbonyl (C=O) groups excluding carboxylic acids is 1. The van der Waals surface area contributed by atoms with Gasteiger partial charge in [-0.3, -0.25) is 10.2 Å². The van der Waals surface area contributed by atoms with Crippen molar-refractivity contribution in [3.8, 4) is 11.5 Å². The molecule has 4 aromatic carbocycles. The normalized spacial score (nSPS) is 17.3. The van der Waals surface area contributed by atoms with Gasteiger partial charge in [0.25, 0.3) is 5.91 Å². The number of amides is 1. The lowest BCUT2D eigenvalue weighted by Crippen LogP contribution is -2.52. The molecule has 1 heterocycles. The first-order valence-corrected chi connectivity index (χ1v) is 16.1. The van der Waals surface area contributed by atoms with Crippen molar-refractivity contribution in [2.75, 3.05) is 26.9 Å². The van der Waals surface area contributed by atoms with Gasteiger partial charge in [-0.15, -0.1) is 0 Å². The third-order valence-corrected chi connectivity index (χ3v) is 8.28. The third kappa shape index (κ3) is 8.73. The van der Waals surface area contributed by atoms with Crippen LogP contribution in [0.4, 0.5) is 0 Å². The molecule has 8 nitrogen and oxygen atoms in total. The molecule has 2 atom stereocenters. The van der Waals surface area contributed by atoms with Crippen LogP contribution < -0.4 is 20.3 Å². The molecule has 0 spiro atoms. The summed E-state index contributed by atoms with van der Waals surface area (Å²) in [7, 11) is 1.63. The molecule has 0 saturated heterocycles. The second-order valence-corrected chi connectivity index (χ2v) is 11.8. The zero-order valence-electron chi connectivity index (χ0n) is 26.0. The zero-order valence-corrected chi connectivity index (χ0v) is 27.5. The van der Waals surface area contributed by atoms with E-state index in [2.05, 4.69) is 10.9 Å². The quantitative estimate of drug-likeness (QED) is 0.0929. The molecule has 0 bridgehead atoms. The number of carbonyl (C=O) groups is 1. The molecule has 0 fully saturated rings. The Kier molecular flexibility index (Phi) is 11.9. The molecule has 1 aliphatic heterocycles. The Morgan fingerprint density at radius 1 is 1.00 bits per heavy atom. The summed E-state index contributed by atoms with van der Waals surface area (Å²) in [5.74, 6) is 1.35. The summed E-state index contributed by atoms with van der Waals surface area (Å²) in [5, 5.41) is 9.90. The molecular weight excluding hydrogens is 637 g/mol. The van der Waals surface area contributed by atoms with Crippen LogP contribution >= 0.6 is 23.2 Å². The van der Waals surface area contributed by atoms with Gasteiger partial charge in [-0.1, -0.05) is 83.9 Å². The monoisotopic (exact) mass is 673 g/mol. The van der Waals surface area contributed by atoms with E-state index in [1.807, 2.05) is 78.9 Å². The van der Waals surface area contributed by atoms with Gasteiger partial charge in [0.05, 0.1) is 13.7 Å². The van der Waals surface area contributed by atoms with Gasteiger partial charge in [0.1, 0.15) is 11.5 Å². The third-order valence-electron chi connectivity index (χ3n) is 7.71. The fourth-order valence-corrected chi connectivity index (χ4v) is 5.70. The summed E-state index contributed by atoms with van der Waals surface area (Å²) >= 11 is 13.0. The van der Waals surface area contributed by atoms with Crippen molar-refractivity contribution in [2.45, 2.75) is 30.9 Å². The van der Waals surface area contributed by atoms with E-state index in [0.717, 1.165) is 16.9 Å². The molecule has 0 saturated carbocycles. The van der Waals surface area contributed by atoms with E-state index >= 15 is 0 Å². The molecule has 0 unspecified atom stereocenters. The summed E-state index contributed by atoms with van der Waals surface area (Å²) in [6.45, 7) is 0.930. The predicted molar refractivity (Wildman–Crippen MR) is 186 cm³/mol. The molecule has 244 valence electrons. The van der Waals surface area contributed by atoms with Gasteiger partial charge in [0.2, 0.25) is 5.90 Å². The highest BCUT2D eigenvalue weighted by Gasteiger charge is 2.53. The van der Waals surface area contributed by atoms with Crippen molar-refractivity contribution in [1.82, 2.24) is 10.9 Å². The number of hydrogen-bond donors (Lipinski definition) is 3. The number of ether oxygens (including phenoxy) is 3. The van der Waals surface area contributed by atoms with Crippen molar-refractivity contribution in [2.24, 2.45) is 4.99 Å². The van der Waals surface area contributed by atoms with Crippen LogP contribution in [0, 0.1) is 0 Å². The maximum Gasteiger partial charge on any atom is 0.266 e. The number of aliphatic hydroxyl groups excluding tert-OH is 1. The summed E-state index contributed by atoms with van der Waals surface area (Å²) in [6.07, 6.45) is 4.43. The molecule has 0 aliphatic carbocycles. The van der Waals surface area contributed by atoms with Gasteiger partial charge in [-0.25, -0.2) is 10.4 Å². The maximum absolute atomic E-state index is 14.3. The number of benzene rings is 4. The number of halogens is 2. The van der Waals surface area contributed by atoms with E-state index < -0.39 is 11.6 Å². The van der Waals surface area contributed by atoms with Crippen molar-refractivity contribution < 1.29 is 24.1 Å². The van der Waals surface area contributed by atoms with Crippen molar-refractivity contribution in [3.63, 3.8) is 0 Å². The Bertz CT molecular complexity index is 1680. The van der Waals surface area contributed by atoms with Crippen LogP contribution in [0.1, 0.15) is 41.2 Å². The first kappa shape index (κ1) is 34.0. The van der Waals surface area contributed by atoms with Crippen molar-refractivity contribution >= 4 is 41.1 Å². The second kappa shape index (κ2) is 16.5. The molecule has 47 heavy (non-hydrogen) atoms. The first-order valence-electron chi connectivity index (χ1n) is 15.4. The van der Waals surface area contributed by atoms with Gasteiger partial charge in [0.15, 0.2) is 11.6 Å². The molecule has 0 aromatic heterocycles. The van der Waals surface area contributed by atoms with Gasteiger partial charge in [-0.05, 0) is 66.1 Å². The van der Waals surface area contributed by atoms with E-state index in [0.29, 0.717) is 58.8 Å². The minimum absolute atomic E-state index is 0.0522. The minimum atomic E-state index is -1.43. The fraction of sp³-hybridized carbons (Fsp3) is 0.243. The lowest BCUT2D eigenvalue weighted by atomic mass is 9.84. The van der Waals surface area contributed by atoms with Crippen LogP contribution in [0.3, 0.4) is 0 Å². The average Bonchev–Trinajstić information content (AvgIpc) is 3.48. The number of hydrogen-bond acceptors (Lipinski definition) is 7. The standard InChI is InChI=1S/C37H37Cl2N3O5/c1-45-30-15-10-27(11-16-30)20-22-40-42-36(44)37(21-5-9-26-7-3-2-4-8-26)34(32-19-14-29(38)25-33(32)39)47-35(41-37)28-12-17-31(18-13-28)46-24-6-23-43/h2-5,7-19,25,34,40,43H,6,20-24H2,1H3,(H,42,44)/b9-5+/t34-,37-/m0/s1. The molecular formula is C37H37Cl2N3O5. The van der Waals surface area contributed by atoms with E-state index in [9.17, 15) is 4.79 Å². The summed E-state index contributed by atoms with van der Waals surface area (Å²) in [5.41, 5.74) is 7.89. The Morgan fingerprint density at radius 2 is 1.74 bits per heavy atom.